The van der Waals surface area contributed by atoms with Gasteiger partial charge in [0, 0.05) is 34.1 Å². The molecule has 0 saturated carbocycles. The van der Waals surface area contributed by atoms with Crippen molar-refractivity contribution in [3.63, 3.8) is 0 Å². The summed E-state index contributed by atoms with van der Waals surface area (Å²) in [5.74, 6) is 0. The van der Waals surface area contributed by atoms with Gasteiger partial charge in [0.05, 0.1) is 0 Å². The number of para-hydroxylation sites is 2. The third-order valence-electron chi connectivity index (χ3n) is 8.08. The van der Waals surface area contributed by atoms with E-state index in [-0.39, 0.29) is 5.41 Å². The molecule has 45 heavy (non-hydrogen) atoms. The average molecular weight is 585 g/mol. The summed E-state index contributed by atoms with van der Waals surface area (Å²) in [6, 6.07) is 56.2. The fourth-order valence-electron chi connectivity index (χ4n) is 5.51. The fraction of sp³-hybridized carbons (Fsp3) is 0.116. The van der Waals surface area contributed by atoms with Crippen molar-refractivity contribution in [1.29, 1.82) is 0 Å². The number of hydrogen-bond acceptors (Lipinski definition) is 2. The first-order valence-electron chi connectivity index (χ1n) is 15.6. The lowest BCUT2D eigenvalue weighted by Crippen LogP contribution is -2.13. The summed E-state index contributed by atoms with van der Waals surface area (Å²) in [4.78, 5) is 4.60. The molecule has 0 fully saturated rings. The zero-order valence-electron chi connectivity index (χ0n) is 26.6. The van der Waals surface area contributed by atoms with Crippen molar-refractivity contribution >= 4 is 46.3 Å². The zero-order chi connectivity index (χ0) is 31.2. The normalized spacial score (nSPS) is 11.5. The second kappa shape index (κ2) is 13.1. The van der Waals surface area contributed by atoms with Crippen molar-refractivity contribution in [3.05, 3.63) is 180 Å². The maximum absolute atomic E-state index is 2.32. The Hall–Kier alpha value is -5.34. The quantitative estimate of drug-likeness (QED) is 0.164. The molecule has 0 amide bonds. The van der Waals surface area contributed by atoms with Crippen molar-refractivity contribution in [2.75, 3.05) is 9.80 Å². The Morgan fingerprint density at radius 2 is 0.689 bits per heavy atom. The highest BCUT2D eigenvalue weighted by atomic mass is 15.1. The predicted octanol–water partition coefficient (Wildman–Crippen LogP) is 12.4. The zero-order valence-corrected chi connectivity index (χ0v) is 26.6. The van der Waals surface area contributed by atoms with E-state index in [1.165, 1.54) is 11.1 Å². The Morgan fingerprint density at radius 1 is 0.378 bits per heavy atom. The molecule has 0 N–H and O–H groups in total. The lowest BCUT2D eigenvalue weighted by atomic mass is 9.87. The Kier molecular flexibility index (Phi) is 8.66. The molecule has 0 atom stereocenters. The van der Waals surface area contributed by atoms with E-state index >= 15 is 0 Å². The highest BCUT2D eigenvalue weighted by Gasteiger charge is 2.16. The molecule has 0 radical (unpaired) electrons. The van der Waals surface area contributed by atoms with Crippen LogP contribution in [-0.2, 0) is 5.41 Å². The van der Waals surface area contributed by atoms with Gasteiger partial charge in [-0.15, -0.1) is 0 Å². The smallest absolute Gasteiger partial charge is 0.0462 e. The number of hydrogen-bond donors (Lipinski definition) is 0. The number of nitrogens with zero attached hydrogens (tertiary/aromatic N) is 2. The average Bonchev–Trinajstić information content (AvgIpc) is 3.07. The molecule has 6 aromatic rings. The lowest BCUT2D eigenvalue weighted by Gasteiger charge is -2.27. The van der Waals surface area contributed by atoms with E-state index in [0.717, 1.165) is 45.3 Å². The van der Waals surface area contributed by atoms with Gasteiger partial charge in [-0.2, -0.15) is 0 Å². The molecular weight excluding hydrogens is 544 g/mol. The van der Waals surface area contributed by atoms with E-state index in [4.69, 9.17) is 0 Å². The van der Waals surface area contributed by atoms with Gasteiger partial charge < -0.3 is 9.80 Å². The molecule has 6 aromatic carbocycles. The van der Waals surface area contributed by atoms with Crippen LogP contribution in [0.3, 0.4) is 0 Å². The third-order valence-corrected chi connectivity index (χ3v) is 8.08. The van der Waals surface area contributed by atoms with Crippen molar-refractivity contribution in [2.24, 2.45) is 0 Å². The summed E-state index contributed by atoms with van der Waals surface area (Å²) in [6.45, 7) is 8.89. The van der Waals surface area contributed by atoms with Crippen molar-refractivity contribution < 1.29 is 0 Å². The lowest BCUT2D eigenvalue weighted by molar-refractivity contribution is 0.590. The van der Waals surface area contributed by atoms with E-state index < -0.39 is 0 Å². The summed E-state index contributed by atoms with van der Waals surface area (Å²) >= 11 is 0. The van der Waals surface area contributed by atoms with Gasteiger partial charge >= 0.3 is 0 Å². The van der Waals surface area contributed by atoms with Crippen molar-refractivity contribution in [3.8, 4) is 0 Å². The monoisotopic (exact) mass is 584 g/mol. The van der Waals surface area contributed by atoms with Gasteiger partial charge in [-0.25, -0.2) is 0 Å². The van der Waals surface area contributed by atoms with E-state index in [2.05, 4.69) is 207 Å². The van der Waals surface area contributed by atoms with Gasteiger partial charge in [0.25, 0.3) is 0 Å². The van der Waals surface area contributed by atoms with Crippen LogP contribution >= 0.6 is 0 Å². The molecule has 0 aromatic heterocycles. The minimum atomic E-state index is 0.116. The van der Waals surface area contributed by atoms with Crippen LogP contribution in [0.1, 0.15) is 43.0 Å². The maximum Gasteiger partial charge on any atom is 0.0462 e. The summed E-state index contributed by atoms with van der Waals surface area (Å²) in [7, 11) is 0. The second-order valence-electron chi connectivity index (χ2n) is 12.5. The van der Waals surface area contributed by atoms with Crippen molar-refractivity contribution in [1.82, 2.24) is 0 Å². The molecule has 6 rings (SSSR count). The molecule has 0 unspecified atom stereocenters. The molecule has 0 saturated heterocycles. The largest absolute Gasteiger partial charge is 0.311 e. The van der Waals surface area contributed by atoms with Crippen LogP contribution in [0.4, 0.5) is 34.1 Å². The molecule has 0 spiro atoms. The van der Waals surface area contributed by atoms with E-state index in [9.17, 15) is 0 Å². The standard InChI is InChI=1S/C43H40N2/c1-33-15-25-39(26-16-33)45(42-31-23-36(24-32-42)43(2,3)4)41-29-21-35(22-30-41)18-17-34-19-27-40(28-20-34)44(37-11-7-5-8-12-37)38-13-9-6-10-14-38/h5-32H,1-4H3/b18-17+. The summed E-state index contributed by atoms with van der Waals surface area (Å²) in [5, 5.41) is 0. The molecule has 0 aliphatic rings. The number of aryl methyl sites for hydroxylation is 1. The Morgan fingerprint density at radius 3 is 1.04 bits per heavy atom. The molecule has 0 bridgehead atoms. The van der Waals surface area contributed by atoms with Crippen LogP contribution in [0.5, 0.6) is 0 Å². The predicted molar refractivity (Wildman–Crippen MR) is 195 cm³/mol. The fourth-order valence-corrected chi connectivity index (χ4v) is 5.51. The number of benzene rings is 6. The first-order chi connectivity index (χ1) is 21.8. The minimum Gasteiger partial charge on any atom is -0.311 e. The Bertz CT molecular complexity index is 1790. The van der Waals surface area contributed by atoms with E-state index in [0.29, 0.717) is 0 Å². The van der Waals surface area contributed by atoms with Gasteiger partial charge in [0.15, 0.2) is 0 Å². The van der Waals surface area contributed by atoms with E-state index in [1.54, 1.807) is 0 Å². The number of anilines is 6. The first-order valence-corrected chi connectivity index (χ1v) is 15.6. The molecule has 2 nitrogen and oxygen atoms in total. The molecule has 222 valence electrons. The van der Waals surface area contributed by atoms with Gasteiger partial charge in [-0.05, 0) is 102 Å². The van der Waals surface area contributed by atoms with Crippen LogP contribution in [0.2, 0.25) is 0 Å². The molecule has 2 heteroatoms. The first kappa shape index (κ1) is 29.7. The Balaban J connectivity index is 1.23. The summed E-state index contributed by atoms with van der Waals surface area (Å²) in [5.41, 5.74) is 11.8. The van der Waals surface area contributed by atoms with Gasteiger partial charge in [0.2, 0.25) is 0 Å². The van der Waals surface area contributed by atoms with Crippen LogP contribution < -0.4 is 9.80 Å². The van der Waals surface area contributed by atoms with Gasteiger partial charge in [-0.1, -0.05) is 123 Å². The summed E-state index contributed by atoms with van der Waals surface area (Å²) in [6.07, 6.45) is 4.36. The van der Waals surface area contributed by atoms with Crippen LogP contribution in [-0.4, -0.2) is 0 Å². The molecule has 0 heterocycles. The highest BCUT2D eigenvalue weighted by molar-refractivity contribution is 5.80. The maximum atomic E-state index is 2.32. The molecule has 0 aliphatic heterocycles. The molecular formula is C43H40N2. The van der Waals surface area contributed by atoms with Crippen LogP contribution in [0.25, 0.3) is 12.2 Å². The summed E-state index contributed by atoms with van der Waals surface area (Å²) < 4.78 is 0. The number of rotatable bonds is 8. The van der Waals surface area contributed by atoms with Crippen LogP contribution in [0, 0.1) is 6.92 Å². The minimum absolute atomic E-state index is 0.116. The molecule has 0 aliphatic carbocycles. The van der Waals surface area contributed by atoms with E-state index in [1.807, 2.05) is 0 Å². The second-order valence-corrected chi connectivity index (χ2v) is 12.5. The van der Waals surface area contributed by atoms with Gasteiger partial charge in [-0.3, -0.25) is 0 Å². The topological polar surface area (TPSA) is 6.48 Å². The third kappa shape index (κ3) is 7.08. The SMILES string of the molecule is Cc1ccc(N(c2ccc(/C=C/c3ccc(N(c4ccccc4)c4ccccc4)cc3)cc2)c2ccc(C(C)(C)C)cc2)cc1. The van der Waals surface area contributed by atoms with Crippen molar-refractivity contribution in [2.45, 2.75) is 33.1 Å². The Labute approximate surface area is 268 Å². The van der Waals surface area contributed by atoms with Gasteiger partial charge in [0.1, 0.15) is 0 Å². The van der Waals surface area contributed by atoms with Crippen LogP contribution in [0.15, 0.2) is 158 Å². The highest BCUT2D eigenvalue weighted by Crippen LogP contribution is 2.37.